The molecule has 1 aliphatic rings. The molecule has 142 valence electrons. The summed E-state index contributed by atoms with van der Waals surface area (Å²) < 4.78 is 18.3. The summed E-state index contributed by atoms with van der Waals surface area (Å²) in [7, 11) is 0. The lowest BCUT2D eigenvalue weighted by Gasteiger charge is -2.35. The lowest BCUT2D eigenvalue weighted by Crippen LogP contribution is -2.51. The second-order valence-electron chi connectivity index (χ2n) is 6.10. The fourth-order valence-electron chi connectivity index (χ4n) is 2.99. The van der Waals surface area contributed by atoms with Crippen LogP contribution in [-0.4, -0.2) is 36.8 Å². The summed E-state index contributed by atoms with van der Waals surface area (Å²) in [5.74, 6) is 0.562. The van der Waals surface area contributed by atoms with Crippen LogP contribution >= 0.6 is 24.0 Å². The number of guanidine groups is 1. The van der Waals surface area contributed by atoms with Crippen LogP contribution in [0.2, 0.25) is 0 Å². The van der Waals surface area contributed by atoms with Gasteiger partial charge in [-0.2, -0.15) is 0 Å². The number of benzene rings is 1. The normalized spacial score (nSPS) is 17.5. The van der Waals surface area contributed by atoms with E-state index in [2.05, 4.69) is 25.7 Å². The fourth-order valence-corrected chi connectivity index (χ4v) is 2.99. The highest BCUT2D eigenvalue weighted by Crippen LogP contribution is 2.20. The second-order valence-corrected chi connectivity index (χ2v) is 6.10. The van der Waals surface area contributed by atoms with E-state index in [-0.39, 0.29) is 35.8 Å². The van der Waals surface area contributed by atoms with Crippen LogP contribution in [0.15, 0.2) is 46.1 Å². The third-order valence-electron chi connectivity index (χ3n) is 4.17. The zero-order valence-electron chi connectivity index (χ0n) is 14.8. The van der Waals surface area contributed by atoms with Crippen LogP contribution < -0.4 is 15.5 Å². The van der Waals surface area contributed by atoms with Crippen LogP contribution in [0.1, 0.15) is 25.5 Å². The molecule has 1 atom stereocenters. The molecule has 0 amide bonds. The monoisotopic (exact) mass is 473 g/mol. The van der Waals surface area contributed by atoms with Gasteiger partial charge in [0.25, 0.3) is 0 Å². The first-order valence-electron chi connectivity index (χ1n) is 8.69. The van der Waals surface area contributed by atoms with Gasteiger partial charge in [0.2, 0.25) is 0 Å². The summed E-state index contributed by atoms with van der Waals surface area (Å²) in [5.41, 5.74) is 1.72. The fraction of sp³-hybridized carbons (Fsp3) is 0.444. The topological polar surface area (TPSA) is 65.7 Å². The maximum Gasteiger partial charge on any atom is 0.191 e. The number of nitrogens with one attached hydrogen (secondary N) is 2. The standard InChI is InChI=1S/C18H24FN5O.HI/c1-2-20-18(21-12-15-8-10-25-23-15)22-16-6-4-9-24(13-16)17-7-3-5-14(19)11-17;/h3,5,7-8,10-11,16H,2,4,6,9,12-13H2,1H3,(H2,20,21,22);1H. The molecule has 1 aliphatic heterocycles. The molecule has 26 heavy (non-hydrogen) atoms. The van der Waals surface area contributed by atoms with Gasteiger partial charge in [-0.3, -0.25) is 0 Å². The van der Waals surface area contributed by atoms with Gasteiger partial charge in [-0.1, -0.05) is 11.2 Å². The van der Waals surface area contributed by atoms with E-state index in [9.17, 15) is 4.39 Å². The molecule has 0 bridgehead atoms. The van der Waals surface area contributed by atoms with E-state index < -0.39 is 0 Å². The molecule has 2 aromatic rings. The zero-order valence-corrected chi connectivity index (χ0v) is 17.2. The third-order valence-corrected chi connectivity index (χ3v) is 4.17. The quantitative estimate of drug-likeness (QED) is 0.397. The Morgan fingerprint density at radius 3 is 3.04 bits per heavy atom. The van der Waals surface area contributed by atoms with Crippen molar-refractivity contribution >= 4 is 35.6 Å². The van der Waals surface area contributed by atoms with Crippen LogP contribution in [0, 0.1) is 5.82 Å². The van der Waals surface area contributed by atoms with Gasteiger partial charge in [0.1, 0.15) is 17.8 Å². The Kier molecular flexibility index (Phi) is 8.14. The first-order chi connectivity index (χ1) is 12.2. The summed E-state index contributed by atoms with van der Waals surface area (Å²) in [6.45, 7) is 5.04. The molecular formula is C18H25FIN5O. The number of rotatable bonds is 5. The number of nitrogens with zero attached hydrogens (tertiary/aromatic N) is 3. The predicted octanol–water partition coefficient (Wildman–Crippen LogP) is 3.16. The summed E-state index contributed by atoms with van der Waals surface area (Å²) in [6.07, 6.45) is 3.65. The van der Waals surface area contributed by atoms with E-state index in [4.69, 9.17) is 4.52 Å². The molecule has 2 heterocycles. The highest BCUT2D eigenvalue weighted by Gasteiger charge is 2.21. The molecule has 0 saturated carbocycles. The van der Waals surface area contributed by atoms with Gasteiger partial charge in [-0.15, -0.1) is 24.0 Å². The third kappa shape index (κ3) is 5.86. The van der Waals surface area contributed by atoms with Crippen molar-refractivity contribution in [1.82, 2.24) is 15.8 Å². The minimum atomic E-state index is -0.199. The van der Waals surface area contributed by atoms with Crippen LogP contribution in [0.5, 0.6) is 0 Å². The molecule has 0 spiro atoms. The Balaban J connectivity index is 0.00000243. The first kappa shape index (κ1) is 20.5. The number of aromatic nitrogens is 1. The molecule has 3 rings (SSSR count). The van der Waals surface area contributed by atoms with Crippen molar-refractivity contribution in [3.05, 3.63) is 48.1 Å². The molecule has 0 radical (unpaired) electrons. The summed E-state index contributed by atoms with van der Waals surface area (Å²) in [6, 6.07) is 8.84. The van der Waals surface area contributed by atoms with Gasteiger partial charge in [-0.05, 0) is 38.0 Å². The largest absolute Gasteiger partial charge is 0.369 e. The van der Waals surface area contributed by atoms with E-state index in [0.717, 1.165) is 49.8 Å². The highest BCUT2D eigenvalue weighted by atomic mass is 127. The van der Waals surface area contributed by atoms with Gasteiger partial charge in [0.05, 0.1) is 6.54 Å². The van der Waals surface area contributed by atoms with Crippen LogP contribution in [0.4, 0.5) is 10.1 Å². The second kappa shape index (κ2) is 10.3. The Bertz CT molecular complexity index is 695. The Labute approximate surface area is 170 Å². The SMILES string of the molecule is CCNC(=NCc1ccon1)NC1CCCN(c2cccc(F)c2)C1.I. The van der Waals surface area contributed by atoms with E-state index in [1.165, 1.54) is 6.07 Å². The molecule has 2 N–H and O–H groups in total. The van der Waals surface area contributed by atoms with E-state index in [0.29, 0.717) is 6.54 Å². The van der Waals surface area contributed by atoms with Gasteiger partial charge < -0.3 is 20.1 Å². The van der Waals surface area contributed by atoms with Crippen molar-refractivity contribution in [3.63, 3.8) is 0 Å². The van der Waals surface area contributed by atoms with E-state index in [1.54, 1.807) is 24.5 Å². The number of piperidine rings is 1. The van der Waals surface area contributed by atoms with Crippen molar-refractivity contribution in [2.75, 3.05) is 24.5 Å². The lowest BCUT2D eigenvalue weighted by molar-refractivity contribution is 0.412. The molecule has 8 heteroatoms. The number of hydrogen-bond donors (Lipinski definition) is 2. The van der Waals surface area contributed by atoms with E-state index >= 15 is 0 Å². The zero-order chi connectivity index (χ0) is 17.5. The molecule has 0 aliphatic carbocycles. The van der Waals surface area contributed by atoms with Crippen LogP contribution in [0.3, 0.4) is 0 Å². The van der Waals surface area contributed by atoms with Crippen molar-refractivity contribution < 1.29 is 8.91 Å². The van der Waals surface area contributed by atoms with Crippen molar-refractivity contribution in [2.45, 2.75) is 32.4 Å². The Morgan fingerprint density at radius 2 is 2.31 bits per heavy atom. The van der Waals surface area contributed by atoms with Gasteiger partial charge in [0.15, 0.2) is 5.96 Å². The number of anilines is 1. The summed E-state index contributed by atoms with van der Waals surface area (Å²) in [5, 5.41) is 10.6. The molecule has 1 saturated heterocycles. The maximum absolute atomic E-state index is 13.5. The summed E-state index contributed by atoms with van der Waals surface area (Å²) >= 11 is 0. The van der Waals surface area contributed by atoms with Gasteiger partial charge in [0, 0.05) is 37.4 Å². The van der Waals surface area contributed by atoms with Crippen LogP contribution in [-0.2, 0) is 6.54 Å². The number of hydrogen-bond acceptors (Lipinski definition) is 4. The average Bonchev–Trinajstić information content (AvgIpc) is 3.14. The summed E-state index contributed by atoms with van der Waals surface area (Å²) in [4.78, 5) is 6.77. The maximum atomic E-state index is 13.5. The number of halogens is 2. The molecule has 1 aromatic carbocycles. The number of aliphatic imine (C=N–C) groups is 1. The van der Waals surface area contributed by atoms with Crippen molar-refractivity contribution in [3.8, 4) is 0 Å². The minimum Gasteiger partial charge on any atom is -0.369 e. The van der Waals surface area contributed by atoms with E-state index in [1.807, 2.05) is 13.0 Å². The highest BCUT2D eigenvalue weighted by molar-refractivity contribution is 14.0. The smallest absolute Gasteiger partial charge is 0.191 e. The average molecular weight is 473 g/mol. The Morgan fingerprint density at radius 1 is 1.42 bits per heavy atom. The van der Waals surface area contributed by atoms with Crippen LogP contribution in [0.25, 0.3) is 0 Å². The van der Waals surface area contributed by atoms with Gasteiger partial charge >= 0.3 is 0 Å². The molecule has 6 nitrogen and oxygen atoms in total. The molecule has 1 aromatic heterocycles. The Hall–Kier alpha value is -1.84. The lowest BCUT2D eigenvalue weighted by atomic mass is 10.0. The van der Waals surface area contributed by atoms with Crippen molar-refractivity contribution in [1.29, 1.82) is 0 Å². The van der Waals surface area contributed by atoms with Gasteiger partial charge in [-0.25, -0.2) is 9.38 Å². The predicted molar refractivity (Wildman–Crippen MR) is 112 cm³/mol. The minimum absolute atomic E-state index is 0. The molecular weight excluding hydrogens is 448 g/mol. The molecule has 1 unspecified atom stereocenters. The molecule has 1 fully saturated rings. The van der Waals surface area contributed by atoms with Crippen molar-refractivity contribution in [2.24, 2.45) is 4.99 Å². The first-order valence-corrected chi connectivity index (χ1v) is 8.69.